The highest BCUT2D eigenvalue weighted by molar-refractivity contribution is 8.00. The molecule has 0 radical (unpaired) electrons. The number of hydrogen-bond acceptors (Lipinski definition) is 5. The topological polar surface area (TPSA) is 91.8 Å². The number of nitrogens with zero attached hydrogens (tertiary/aromatic N) is 3. The van der Waals surface area contributed by atoms with Gasteiger partial charge < -0.3 is 10.1 Å². The number of aromatic nitrogens is 4. The van der Waals surface area contributed by atoms with E-state index in [0.29, 0.717) is 5.65 Å². The first-order chi connectivity index (χ1) is 8.20. The van der Waals surface area contributed by atoms with Crippen molar-refractivity contribution in [3.8, 4) is 0 Å². The third-order valence-electron chi connectivity index (χ3n) is 2.32. The van der Waals surface area contributed by atoms with E-state index in [2.05, 4.69) is 19.9 Å². The van der Waals surface area contributed by atoms with Crippen LogP contribution in [0.2, 0.25) is 0 Å². The highest BCUT2D eigenvalue weighted by Gasteiger charge is 2.16. The first-order valence-corrected chi connectivity index (χ1v) is 6.11. The molecule has 2 aromatic heterocycles. The maximum Gasteiger partial charge on any atom is 0.304 e. The van der Waals surface area contributed by atoms with Gasteiger partial charge in [0.25, 0.3) is 0 Å². The number of carboxylic acids is 1. The fourth-order valence-electron chi connectivity index (χ4n) is 1.45. The van der Waals surface area contributed by atoms with E-state index in [1.54, 1.807) is 6.33 Å². The molecule has 90 valence electrons. The second-order valence-corrected chi connectivity index (χ2v) is 4.82. The highest BCUT2D eigenvalue weighted by atomic mass is 32.2. The number of thioether (sulfide) groups is 1. The molecule has 0 spiro atoms. The number of fused-ring (bicyclic) bond motifs is 1. The van der Waals surface area contributed by atoms with Gasteiger partial charge in [0.05, 0.1) is 12.7 Å². The quantitative estimate of drug-likeness (QED) is 0.621. The average molecular weight is 252 g/mol. The van der Waals surface area contributed by atoms with Gasteiger partial charge in [0.15, 0.2) is 5.65 Å². The molecule has 2 rings (SSSR count). The lowest BCUT2D eigenvalue weighted by Gasteiger charge is -2.10. The molecule has 0 aliphatic heterocycles. The van der Waals surface area contributed by atoms with Crippen LogP contribution < -0.4 is 0 Å². The number of hydrogen-bond donors (Lipinski definition) is 2. The Morgan fingerprint density at radius 3 is 3.06 bits per heavy atom. The van der Waals surface area contributed by atoms with Crippen LogP contribution in [0, 0.1) is 0 Å². The Hall–Kier alpha value is -1.63. The Labute approximate surface area is 102 Å². The van der Waals surface area contributed by atoms with Crippen molar-refractivity contribution >= 4 is 28.9 Å². The number of H-pyrrole nitrogens is 1. The lowest BCUT2D eigenvalue weighted by Crippen LogP contribution is -2.09. The molecule has 6 nitrogen and oxygen atoms in total. The normalized spacial score (nSPS) is 12.8. The van der Waals surface area contributed by atoms with Crippen molar-refractivity contribution in [2.24, 2.45) is 0 Å². The van der Waals surface area contributed by atoms with Crippen molar-refractivity contribution in [1.82, 2.24) is 19.9 Å². The van der Waals surface area contributed by atoms with Crippen molar-refractivity contribution in [2.75, 3.05) is 0 Å². The van der Waals surface area contributed by atoms with Crippen LogP contribution in [0.15, 0.2) is 17.7 Å². The molecule has 1 atom stereocenters. The summed E-state index contributed by atoms with van der Waals surface area (Å²) in [7, 11) is 0. The average Bonchev–Trinajstić information content (AvgIpc) is 2.76. The Kier molecular flexibility index (Phi) is 3.58. The van der Waals surface area contributed by atoms with Gasteiger partial charge in [0.2, 0.25) is 0 Å². The molecule has 0 aliphatic rings. The first kappa shape index (κ1) is 11.8. The Morgan fingerprint density at radius 2 is 2.35 bits per heavy atom. The summed E-state index contributed by atoms with van der Waals surface area (Å²) in [5.74, 6) is -0.792. The van der Waals surface area contributed by atoms with Crippen LogP contribution in [-0.4, -0.2) is 36.3 Å². The van der Waals surface area contributed by atoms with Crippen LogP contribution in [0.1, 0.15) is 19.8 Å². The van der Waals surface area contributed by atoms with Gasteiger partial charge in [-0.05, 0) is 6.42 Å². The molecule has 7 heteroatoms. The monoisotopic (exact) mass is 252 g/mol. The van der Waals surface area contributed by atoms with E-state index in [1.165, 1.54) is 18.1 Å². The molecule has 1 unspecified atom stereocenters. The number of carbonyl (C=O) groups is 1. The number of aliphatic carboxylic acids is 1. The standard InChI is InChI=1S/C10H12N4O2S/c1-2-6(3-7(15)16)17-10-8-9(12-4-11-8)13-5-14-10/h4-6H,2-3H2,1H3,(H,15,16)(H,11,12,13,14). The van der Waals surface area contributed by atoms with Crippen LogP contribution in [0.3, 0.4) is 0 Å². The Bertz CT molecular complexity index is 528. The number of carboxylic acid groups (broad SMARTS) is 1. The van der Waals surface area contributed by atoms with Crippen molar-refractivity contribution < 1.29 is 9.90 Å². The number of nitrogens with one attached hydrogen (secondary N) is 1. The Morgan fingerprint density at radius 1 is 1.53 bits per heavy atom. The zero-order chi connectivity index (χ0) is 12.3. The van der Waals surface area contributed by atoms with Crippen molar-refractivity contribution in [3.05, 3.63) is 12.7 Å². The fourth-order valence-corrected chi connectivity index (χ4v) is 2.54. The van der Waals surface area contributed by atoms with Gasteiger partial charge in [-0.25, -0.2) is 15.0 Å². The molecular weight excluding hydrogens is 240 g/mol. The van der Waals surface area contributed by atoms with Gasteiger partial charge in [-0.1, -0.05) is 6.92 Å². The summed E-state index contributed by atoms with van der Waals surface area (Å²) >= 11 is 1.45. The smallest absolute Gasteiger partial charge is 0.304 e. The molecule has 2 N–H and O–H groups in total. The maximum absolute atomic E-state index is 10.7. The third-order valence-corrected chi connectivity index (χ3v) is 3.69. The number of aromatic amines is 1. The summed E-state index contributed by atoms with van der Waals surface area (Å²) < 4.78 is 0. The van der Waals surface area contributed by atoms with Gasteiger partial charge in [-0.3, -0.25) is 4.79 Å². The van der Waals surface area contributed by atoms with Crippen molar-refractivity contribution in [1.29, 1.82) is 0 Å². The second-order valence-electron chi connectivity index (χ2n) is 3.53. The summed E-state index contributed by atoms with van der Waals surface area (Å²) in [4.78, 5) is 25.9. The molecule has 2 aromatic rings. The van der Waals surface area contributed by atoms with E-state index in [1.807, 2.05) is 6.92 Å². The summed E-state index contributed by atoms with van der Waals surface area (Å²) in [6, 6.07) is 0. The third kappa shape index (κ3) is 2.73. The molecule has 0 fully saturated rings. The van der Waals surface area contributed by atoms with E-state index in [9.17, 15) is 4.79 Å². The van der Waals surface area contributed by atoms with Gasteiger partial charge in [0, 0.05) is 5.25 Å². The summed E-state index contributed by atoms with van der Waals surface area (Å²) in [5, 5.41) is 9.56. The molecule has 17 heavy (non-hydrogen) atoms. The molecule has 2 heterocycles. The Balaban J connectivity index is 2.21. The molecule has 0 saturated carbocycles. The molecule has 0 aromatic carbocycles. The van der Waals surface area contributed by atoms with E-state index < -0.39 is 5.97 Å². The fraction of sp³-hybridized carbons (Fsp3) is 0.400. The zero-order valence-corrected chi connectivity index (χ0v) is 10.1. The predicted octanol–water partition coefficient (Wildman–Crippen LogP) is 1.70. The SMILES string of the molecule is CCC(CC(=O)O)Sc1ncnc2nc[nH]c12. The summed E-state index contributed by atoms with van der Waals surface area (Å²) in [6.07, 6.45) is 3.90. The van der Waals surface area contributed by atoms with E-state index in [0.717, 1.165) is 17.0 Å². The van der Waals surface area contributed by atoms with Crippen LogP contribution in [-0.2, 0) is 4.79 Å². The van der Waals surface area contributed by atoms with Gasteiger partial charge in [-0.2, -0.15) is 0 Å². The minimum atomic E-state index is -0.792. The van der Waals surface area contributed by atoms with Crippen LogP contribution in [0.5, 0.6) is 0 Å². The highest BCUT2D eigenvalue weighted by Crippen LogP contribution is 2.29. The van der Waals surface area contributed by atoms with Gasteiger partial charge in [-0.15, -0.1) is 11.8 Å². The summed E-state index contributed by atoms with van der Waals surface area (Å²) in [5.41, 5.74) is 1.37. The van der Waals surface area contributed by atoms with Crippen molar-refractivity contribution in [2.45, 2.75) is 30.0 Å². The van der Waals surface area contributed by atoms with E-state index in [4.69, 9.17) is 5.11 Å². The van der Waals surface area contributed by atoms with E-state index >= 15 is 0 Å². The molecule has 0 saturated heterocycles. The minimum absolute atomic E-state index is 0.00824. The van der Waals surface area contributed by atoms with Crippen LogP contribution in [0.25, 0.3) is 11.2 Å². The molecule has 0 aliphatic carbocycles. The van der Waals surface area contributed by atoms with Crippen molar-refractivity contribution in [3.63, 3.8) is 0 Å². The minimum Gasteiger partial charge on any atom is -0.481 e. The van der Waals surface area contributed by atoms with Crippen LogP contribution >= 0.6 is 11.8 Å². The molecule has 0 bridgehead atoms. The van der Waals surface area contributed by atoms with Crippen LogP contribution in [0.4, 0.5) is 0 Å². The first-order valence-electron chi connectivity index (χ1n) is 5.23. The second kappa shape index (κ2) is 5.13. The number of rotatable bonds is 5. The van der Waals surface area contributed by atoms with Gasteiger partial charge in [0.1, 0.15) is 16.9 Å². The lowest BCUT2D eigenvalue weighted by atomic mass is 10.2. The largest absolute Gasteiger partial charge is 0.481 e. The lowest BCUT2D eigenvalue weighted by molar-refractivity contribution is -0.136. The van der Waals surface area contributed by atoms with Gasteiger partial charge >= 0.3 is 5.97 Å². The van der Waals surface area contributed by atoms with E-state index in [-0.39, 0.29) is 11.7 Å². The molecular formula is C10H12N4O2S. The number of imidazole rings is 1. The zero-order valence-electron chi connectivity index (χ0n) is 9.25. The predicted molar refractivity (Wildman–Crippen MR) is 63.9 cm³/mol. The molecule has 0 amide bonds. The summed E-state index contributed by atoms with van der Waals surface area (Å²) in [6.45, 7) is 1.96. The maximum atomic E-state index is 10.7.